The molecule has 2 aromatic rings. The molecule has 0 unspecified atom stereocenters. The molecule has 2 rings (SSSR count). The summed E-state index contributed by atoms with van der Waals surface area (Å²) >= 11 is 5.62. The molecule has 0 saturated heterocycles. The summed E-state index contributed by atoms with van der Waals surface area (Å²) in [6.07, 6.45) is 1.74. The van der Waals surface area contributed by atoms with Crippen molar-refractivity contribution in [3.05, 3.63) is 36.2 Å². The normalized spacial score (nSPS) is 11.5. The molecule has 0 fully saturated rings. The van der Waals surface area contributed by atoms with E-state index in [1.54, 1.807) is 23.0 Å². The average Bonchev–Trinajstić information content (AvgIpc) is 2.86. The lowest BCUT2D eigenvalue weighted by Crippen LogP contribution is -2.12. The summed E-state index contributed by atoms with van der Waals surface area (Å²) in [6.45, 7) is 0.890. The van der Waals surface area contributed by atoms with Gasteiger partial charge in [-0.15, -0.1) is 16.7 Å². The number of alkyl halides is 1. The molecule has 1 aromatic heterocycles. The van der Waals surface area contributed by atoms with Gasteiger partial charge in [-0.2, -0.15) is 0 Å². The fraction of sp³-hybridized carbons (Fsp3) is 0.273. The molecule has 0 bridgehead atoms. The van der Waals surface area contributed by atoms with Gasteiger partial charge in [-0.1, -0.05) is 5.21 Å². The minimum absolute atomic E-state index is 0.0490. The largest absolute Gasteiger partial charge is 0.492 e. The molecule has 7 nitrogen and oxygen atoms in total. The van der Waals surface area contributed by atoms with Gasteiger partial charge in [0.25, 0.3) is 0 Å². The Balaban J connectivity index is 1.88. The summed E-state index contributed by atoms with van der Waals surface area (Å²) in [6, 6.07) is 5.88. The van der Waals surface area contributed by atoms with Crippen molar-refractivity contribution in [3.8, 4) is 5.75 Å². The van der Waals surface area contributed by atoms with Gasteiger partial charge in [0.05, 0.1) is 23.0 Å². The highest BCUT2D eigenvalue weighted by atomic mass is 35.5. The lowest BCUT2D eigenvalue weighted by molar-refractivity contribution is 0.289. The predicted molar refractivity (Wildman–Crippen MR) is 72.9 cm³/mol. The van der Waals surface area contributed by atoms with Crippen molar-refractivity contribution in [2.75, 3.05) is 6.61 Å². The third kappa shape index (κ3) is 3.92. The number of halogens is 1. The van der Waals surface area contributed by atoms with E-state index in [0.29, 0.717) is 30.5 Å². The lowest BCUT2D eigenvalue weighted by Gasteiger charge is -2.06. The number of primary sulfonamides is 1. The Kier molecular flexibility index (Phi) is 4.58. The Bertz CT molecular complexity index is 669. The first kappa shape index (κ1) is 14.8. The number of hydrogen-bond donors (Lipinski definition) is 1. The molecule has 0 aliphatic carbocycles. The molecule has 108 valence electrons. The van der Waals surface area contributed by atoms with Crippen molar-refractivity contribution >= 4 is 21.6 Å². The van der Waals surface area contributed by atoms with Crippen molar-refractivity contribution < 1.29 is 13.2 Å². The van der Waals surface area contributed by atoms with E-state index < -0.39 is 10.0 Å². The van der Waals surface area contributed by atoms with Crippen molar-refractivity contribution in [1.29, 1.82) is 0 Å². The van der Waals surface area contributed by atoms with Crippen LogP contribution in [0, 0.1) is 0 Å². The monoisotopic (exact) mass is 316 g/mol. The van der Waals surface area contributed by atoms with E-state index >= 15 is 0 Å². The van der Waals surface area contributed by atoms with Crippen LogP contribution in [0.5, 0.6) is 5.75 Å². The van der Waals surface area contributed by atoms with Gasteiger partial charge in [0.15, 0.2) is 0 Å². The van der Waals surface area contributed by atoms with E-state index in [4.69, 9.17) is 21.5 Å². The van der Waals surface area contributed by atoms with E-state index in [1.165, 1.54) is 12.1 Å². The fourth-order valence-corrected chi connectivity index (χ4v) is 2.13. The Hall–Kier alpha value is -1.64. The van der Waals surface area contributed by atoms with E-state index in [0.717, 1.165) is 0 Å². The molecule has 0 spiro atoms. The maximum absolute atomic E-state index is 11.1. The van der Waals surface area contributed by atoms with Gasteiger partial charge in [0.1, 0.15) is 12.4 Å². The van der Waals surface area contributed by atoms with Crippen LogP contribution in [0.25, 0.3) is 0 Å². The van der Waals surface area contributed by atoms with E-state index in [1.807, 2.05) is 0 Å². The van der Waals surface area contributed by atoms with Crippen LogP contribution in [0.15, 0.2) is 35.4 Å². The third-order valence-corrected chi connectivity index (χ3v) is 3.67. The van der Waals surface area contributed by atoms with Crippen LogP contribution < -0.4 is 9.88 Å². The molecular weight excluding hydrogens is 304 g/mol. The van der Waals surface area contributed by atoms with Crippen molar-refractivity contribution in [1.82, 2.24) is 15.0 Å². The van der Waals surface area contributed by atoms with Crippen molar-refractivity contribution in [3.63, 3.8) is 0 Å². The second-order valence-corrected chi connectivity index (χ2v) is 5.80. The quantitative estimate of drug-likeness (QED) is 0.792. The number of nitrogens with two attached hydrogens (primary N) is 1. The first-order chi connectivity index (χ1) is 9.49. The molecule has 0 saturated carbocycles. The van der Waals surface area contributed by atoms with Gasteiger partial charge in [-0.25, -0.2) is 18.2 Å². The molecule has 20 heavy (non-hydrogen) atoms. The Morgan fingerprint density at radius 3 is 2.55 bits per heavy atom. The average molecular weight is 317 g/mol. The van der Waals surface area contributed by atoms with Crippen LogP contribution in [0.1, 0.15) is 5.69 Å². The maximum Gasteiger partial charge on any atom is 0.238 e. The Labute approximate surface area is 121 Å². The highest BCUT2D eigenvalue weighted by molar-refractivity contribution is 7.89. The van der Waals surface area contributed by atoms with Gasteiger partial charge in [0.2, 0.25) is 10.0 Å². The summed E-state index contributed by atoms with van der Waals surface area (Å²) < 4.78 is 29.2. The number of sulfonamides is 1. The number of ether oxygens (including phenoxy) is 1. The smallest absolute Gasteiger partial charge is 0.238 e. The number of hydrogen-bond acceptors (Lipinski definition) is 5. The van der Waals surface area contributed by atoms with Gasteiger partial charge in [-0.05, 0) is 24.3 Å². The van der Waals surface area contributed by atoms with Crippen LogP contribution in [-0.2, 0) is 22.4 Å². The Morgan fingerprint density at radius 2 is 2.00 bits per heavy atom. The summed E-state index contributed by atoms with van der Waals surface area (Å²) in [5.74, 6) is 0.866. The Morgan fingerprint density at radius 1 is 1.30 bits per heavy atom. The zero-order valence-corrected chi connectivity index (χ0v) is 12.0. The van der Waals surface area contributed by atoms with Crippen LogP contribution in [0.2, 0.25) is 0 Å². The topological polar surface area (TPSA) is 100 Å². The molecule has 1 heterocycles. The zero-order chi connectivity index (χ0) is 14.6. The minimum Gasteiger partial charge on any atom is -0.492 e. The van der Waals surface area contributed by atoms with Crippen molar-refractivity contribution in [2.45, 2.75) is 17.3 Å². The van der Waals surface area contributed by atoms with Gasteiger partial charge in [0, 0.05) is 6.20 Å². The molecule has 0 aliphatic heterocycles. The van der Waals surface area contributed by atoms with Gasteiger partial charge < -0.3 is 4.74 Å². The van der Waals surface area contributed by atoms with E-state index in [-0.39, 0.29) is 4.90 Å². The molecule has 0 atom stereocenters. The lowest BCUT2D eigenvalue weighted by atomic mass is 10.3. The standard InChI is InChI=1S/C11H13ClN4O3S/c12-7-9-8-16(15-14-9)5-6-19-10-1-3-11(4-2-10)20(13,17)18/h1-4,8H,5-7H2,(H2,13,17,18). The zero-order valence-electron chi connectivity index (χ0n) is 10.4. The molecule has 1 aromatic carbocycles. The summed E-state index contributed by atoms with van der Waals surface area (Å²) in [5.41, 5.74) is 0.698. The molecular formula is C11H13ClN4O3S. The van der Waals surface area contributed by atoms with E-state index in [2.05, 4.69) is 10.3 Å². The highest BCUT2D eigenvalue weighted by Crippen LogP contribution is 2.14. The van der Waals surface area contributed by atoms with Gasteiger partial charge in [-0.3, -0.25) is 0 Å². The summed E-state index contributed by atoms with van der Waals surface area (Å²) in [4.78, 5) is 0.0490. The third-order valence-electron chi connectivity index (χ3n) is 2.46. The maximum atomic E-state index is 11.1. The van der Waals surface area contributed by atoms with Crippen LogP contribution in [0.3, 0.4) is 0 Å². The summed E-state index contributed by atoms with van der Waals surface area (Å²) in [5, 5.41) is 12.7. The number of rotatable bonds is 6. The number of benzene rings is 1. The highest BCUT2D eigenvalue weighted by Gasteiger charge is 2.07. The SMILES string of the molecule is NS(=O)(=O)c1ccc(OCCn2cc(CCl)nn2)cc1. The first-order valence-electron chi connectivity index (χ1n) is 5.69. The number of aromatic nitrogens is 3. The molecule has 9 heteroatoms. The molecule has 2 N–H and O–H groups in total. The summed E-state index contributed by atoms with van der Waals surface area (Å²) in [7, 11) is -3.67. The molecule has 0 amide bonds. The van der Waals surface area contributed by atoms with Crippen LogP contribution in [-0.4, -0.2) is 30.0 Å². The number of nitrogens with zero attached hydrogens (tertiary/aromatic N) is 3. The fourth-order valence-electron chi connectivity index (χ4n) is 1.49. The predicted octanol–water partition coefficient (Wildman–Crippen LogP) is 0.743. The minimum atomic E-state index is -3.67. The first-order valence-corrected chi connectivity index (χ1v) is 7.78. The second kappa shape index (κ2) is 6.21. The second-order valence-electron chi connectivity index (χ2n) is 3.97. The molecule has 0 aliphatic rings. The van der Waals surface area contributed by atoms with Crippen LogP contribution in [0.4, 0.5) is 0 Å². The van der Waals surface area contributed by atoms with Gasteiger partial charge >= 0.3 is 0 Å². The van der Waals surface area contributed by atoms with E-state index in [9.17, 15) is 8.42 Å². The molecule has 0 radical (unpaired) electrons. The van der Waals surface area contributed by atoms with Crippen molar-refractivity contribution in [2.24, 2.45) is 5.14 Å². The van der Waals surface area contributed by atoms with Crippen LogP contribution >= 0.6 is 11.6 Å².